The summed E-state index contributed by atoms with van der Waals surface area (Å²) in [7, 11) is 6.55. The van der Waals surface area contributed by atoms with Crippen LogP contribution in [0.1, 0.15) is 18.6 Å². The molecule has 1 aromatic carbocycles. The van der Waals surface area contributed by atoms with Crippen LogP contribution in [-0.4, -0.2) is 68.1 Å². The maximum atomic E-state index is 5.95. The third-order valence-electron chi connectivity index (χ3n) is 4.94. The minimum absolute atomic E-state index is 0.724. The molecule has 1 saturated heterocycles. The Balaban J connectivity index is 1.49. The molecule has 0 radical (unpaired) electrons. The van der Waals surface area contributed by atoms with Gasteiger partial charge in [-0.05, 0) is 46.1 Å². The van der Waals surface area contributed by atoms with E-state index in [4.69, 9.17) is 4.42 Å². The van der Waals surface area contributed by atoms with E-state index in [1.165, 1.54) is 18.2 Å². The molecule has 126 valence electrons. The smallest absolute Gasteiger partial charge is 0.134 e. The Morgan fingerprint density at radius 1 is 1.09 bits per heavy atom. The fraction of sp³-hybridized carbons (Fsp3) is 0.579. The molecule has 1 aliphatic heterocycles. The molecule has 4 nitrogen and oxygen atoms in total. The monoisotopic (exact) mass is 315 g/mol. The van der Waals surface area contributed by atoms with E-state index in [0.717, 1.165) is 50.1 Å². The molecule has 2 heterocycles. The molecular weight excluding hydrogens is 286 g/mol. The van der Waals surface area contributed by atoms with Crippen LogP contribution < -0.4 is 0 Å². The number of rotatable bonds is 6. The lowest BCUT2D eigenvalue weighted by molar-refractivity contribution is 0.114. The zero-order chi connectivity index (χ0) is 16.2. The molecule has 1 aromatic heterocycles. The molecule has 1 fully saturated rings. The van der Waals surface area contributed by atoms with Gasteiger partial charge in [-0.15, -0.1) is 0 Å². The van der Waals surface area contributed by atoms with E-state index in [1.54, 1.807) is 0 Å². The van der Waals surface area contributed by atoms with Crippen molar-refractivity contribution < 1.29 is 4.42 Å². The van der Waals surface area contributed by atoms with Crippen LogP contribution in [-0.2, 0) is 6.54 Å². The molecule has 23 heavy (non-hydrogen) atoms. The van der Waals surface area contributed by atoms with Crippen LogP contribution in [0.2, 0.25) is 0 Å². The van der Waals surface area contributed by atoms with Crippen LogP contribution in [0.3, 0.4) is 0 Å². The van der Waals surface area contributed by atoms with Crippen molar-refractivity contribution in [1.29, 1.82) is 0 Å². The number of furan rings is 1. The molecule has 0 saturated carbocycles. The Bertz CT molecular complexity index is 581. The topological polar surface area (TPSA) is 22.9 Å². The Kier molecular flexibility index (Phi) is 5.36. The Hall–Kier alpha value is -1.36. The molecule has 0 aliphatic carbocycles. The van der Waals surface area contributed by atoms with Gasteiger partial charge in [0.2, 0.25) is 0 Å². The van der Waals surface area contributed by atoms with Crippen molar-refractivity contribution in [3.8, 4) is 0 Å². The molecule has 3 rings (SSSR count). The number of fused-ring (bicyclic) bond motifs is 1. The van der Waals surface area contributed by atoms with Crippen LogP contribution in [0.15, 0.2) is 34.7 Å². The lowest BCUT2D eigenvalue weighted by Gasteiger charge is -2.36. The quantitative estimate of drug-likeness (QED) is 0.817. The molecular formula is C19H29N3O. The van der Waals surface area contributed by atoms with Crippen molar-refractivity contribution in [1.82, 2.24) is 14.7 Å². The summed E-state index contributed by atoms with van der Waals surface area (Å²) in [6, 6.07) is 11.2. The van der Waals surface area contributed by atoms with E-state index in [0.29, 0.717) is 0 Å². The first-order valence-corrected chi connectivity index (χ1v) is 8.66. The van der Waals surface area contributed by atoms with Gasteiger partial charge in [0.25, 0.3) is 0 Å². The molecule has 0 amide bonds. The number of nitrogens with zero attached hydrogens (tertiary/aromatic N) is 3. The minimum Gasteiger partial charge on any atom is -0.460 e. The average Bonchev–Trinajstić information content (AvgIpc) is 2.95. The standard InChI is InChI=1S/C19H29N3O/c1-20(2)12-13-21(3)17-8-10-22(11-9-17)15-18-14-16-6-4-5-7-19(16)23-18/h4-7,14,17H,8-13,15H2,1-3H3. The Morgan fingerprint density at radius 2 is 1.83 bits per heavy atom. The summed E-state index contributed by atoms with van der Waals surface area (Å²) in [5.41, 5.74) is 1.00. The summed E-state index contributed by atoms with van der Waals surface area (Å²) in [4.78, 5) is 7.31. The second-order valence-electron chi connectivity index (χ2n) is 7.04. The van der Waals surface area contributed by atoms with E-state index in [9.17, 15) is 0 Å². The van der Waals surface area contributed by atoms with Crippen molar-refractivity contribution in [3.05, 3.63) is 36.1 Å². The third kappa shape index (κ3) is 4.34. The van der Waals surface area contributed by atoms with Crippen molar-refractivity contribution >= 4 is 11.0 Å². The summed E-state index contributed by atoms with van der Waals surface area (Å²) in [6.07, 6.45) is 2.51. The summed E-state index contributed by atoms with van der Waals surface area (Å²) in [5, 5.41) is 1.21. The van der Waals surface area contributed by atoms with Gasteiger partial charge in [0.05, 0.1) is 6.54 Å². The summed E-state index contributed by atoms with van der Waals surface area (Å²) < 4.78 is 5.95. The van der Waals surface area contributed by atoms with Crippen LogP contribution in [0.25, 0.3) is 11.0 Å². The van der Waals surface area contributed by atoms with Gasteiger partial charge in [-0.2, -0.15) is 0 Å². The zero-order valence-corrected chi connectivity index (χ0v) is 14.7. The molecule has 1 aliphatic rings. The highest BCUT2D eigenvalue weighted by atomic mass is 16.3. The number of likely N-dealkylation sites (tertiary alicyclic amines) is 1. The van der Waals surface area contributed by atoms with Gasteiger partial charge in [0.15, 0.2) is 0 Å². The van der Waals surface area contributed by atoms with E-state index >= 15 is 0 Å². The van der Waals surface area contributed by atoms with E-state index in [1.807, 2.05) is 12.1 Å². The first kappa shape index (κ1) is 16.5. The number of hydrogen-bond donors (Lipinski definition) is 0. The number of piperidine rings is 1. The molecule has 0 bridgehead atoms. The maximum Gasteiger partial charge on any atom is 0.134 e. The lowest BCUT2D eigenvalue weighted by Crippen LogP contribution is -2.44. The van der Waals surface area contributed by atoms with Crippen molar-refractivity contribution in [2.24, 2.45) is 0 Å². The minimum atomic E-state index is 0.724. The number of para-hydroxylation sites is 1. The van der Waals surface area contributed by atoms with Gasteiger partial charge in [-0.3, -0.25) is 4.90 Å². The van der Waals surface area contributed by atoms with Crippen LogP contribution in [0.5, 0.6) is 0 Å². The number of likely N-dealkylation sites (N-methyl/N-ethyl adjacent to an activating group) is 2. The van der Waals surface area contributed by atoms with Gasteiger partial charge >= 0.3 is 0 Å². The lowest BCUT2D eigenvalue weighted by atomic mass is 10.0. The van der Waals surface area contributed by atoms with E-state index in [-0.39, 0.29) is 0 Å². The first-order chi connectivity index (χ1) is 11.1. The number of hydrogen-bond acceptors (Lipinski definition) is 4. The van der Waals surface area contributed by atoms with Crippen molar-refractivity contribution in [2.45, 2.75) is 25.4 Å². The largest absolute Gasteiger partial charge is 0.460 e. The molecule has 0 atom stereocenters. The van der Waals surface area contributed by atoms with Crippen LogP contribution in [0, 0.1) is 0 Å². The fourth-order valence-corrected chi connectivity index (χ4v) is 3.39. The molecule has 2 aromatic rings. The predicted octanol–water partition coefficient (Wildman–Crippen LogP) is 2.89. The summed E-state index contributed by atoms with van der Waals surface area (Å²) in [6.45, 7) is 5.54. The highest BCUT2D eigenvalue weighted by Crippen LogP contribution is 2.22. The molecule has 0 unspecified atom stereocenters. The predicted molar refractivity (Wildman–Crippen MR) is 95.7 cm³/mol. The molecule has 4 heteroatoms. The van der Waals surface area contributed by atoms with Gasteiger partial charge in [0.1, 0.15) is 11.3 Å². The first-order valence-electron chi connectivity index (χ1n) is 8.66. The Morgan fingerprint density at radius 3 is 2.52 bits per heavy atom. The average molecular weight is 315 g/mol. The second-order valence-corrected chi connectivity index (χ2v) is 7.04. The summed E-state index contributed by atoms with van der Waals surface area (Å²) >= 11 is 0. The third-order valence-corrected chi connectivity index (χ3v) is 4.94. The maximum absolute atomic E-state index is 5.95. The van der Waals surface area contributed by atoms with Crippen molar-refractivity contribution in [2.75, 3.05) is 47.3 Å². The number of benzene rings is 1. The highest BCUT2D eigenvalue weighted by Gasteiger charge is 2.23. The molecule has 0 N–H and O–H groups in total. The zero-order valence-electron chi connectivity index (χ0n) is 14.7. The second kappa shape index (κ2) is 7.47. The highest BCUT2D eigenvalue weighted by molar-refractivity contribution is 5.77. The van der Waals surface area contributed by atoms with Gasteiger partial charge in [-0.25, -0.2) is 0 Å². The van der Waals surface area contributed by atoms with Crippen molar-refractivity contribution in [3.63, 3.8) is 0 Å². The van der Waals surface area contributed by atoms with Gasteiger partial charge in [0, 0.05) is 37.6 Å². The van der Waals surface area contributed by atoms with E-state index < -0.39 is 0 Å². The summed E-state index contributed by atoms with van der Waals surface area (Å²) in [5.74, 6) is 1.09. The van der Waals surface area contributed by atoms with E-state index in [2.05, 4.69) is 54.0 Å². The van der Waals surface area contributed by atoms with Crippen LogP contribution >= 0.6 is 0 Å². The SMILES string of the molecule is CN(C)CCN(C)C1CCN(Cc2cc3ccccc3o2)CC1. The molecule has 0 spiro atoms. The fourth-order valence-electron chi connectivity index (χ4n) is 3.39. The van der Waals surface area contributed by atoms with Gasteiger partial charge < -0.3 is 14.2 Å². The normalized spacial score (nSPS) is 17.6. The van der Waals surface area contributed by atoms with Gasteiger partial charge in [-0.1, -0.05) is 18.2 Å². The van der Waals surface area contributed by atoms with Crippen LogP contribution in [0.4, 0.5) is 0 Å². The Labute approximate surface area is 139 Å².